The van der Waals surface area contributed by atoms with Crippen LogP contribution in [0.5, 0.6) is 5.75 Å². The Morgan fingerprint density at radius 3 is 2.78 bits per heavy atom. The van der Waals surface area contributed by atoms with Crippen molar-refractivity contribution in [2.24, 2.45) is 0 Å². The molecule has 0 aliphatic heterocycles. The van der Waals surface area contributed by atoms with Gasteiger partial charge in [-0.2, -0.15) is 0 Å². The van der Waals surface area contributed by atoms with Crippen molar-refractivity contribution in [2.45, 2.75) is 17.6 Å². The first kappa shape index (κ1) is 12.8. The van der Waals surface area contributed by atoms with E-state index in [0.717, 1.165) is 16.4 Å². The number of anilines is 1. The third-order valence-corrected chi connectivity index (χ3v) is 3.62. The first-order valence-corrected chi connectivity index (χ1v) is 6.65. The summed E-state index contributed by atoms with van der Waals surface area (Å²) in [7, 11) is 1.70. The molecule has 3 nitrogen and oxygen atoms in total. The maximum atomic E-state index is 5.56. The van der Waals surface area contributed by atoms with Crippen molar-refractivity contribution in [3.63, 3.8) is 0 Å². The zero-order valence-electron chi connectivity index (χ0n) is 10.5. The number of nitrogens with two attached hydrogens (primary N) is 1. The van der Waals surface area contributed by atoms with Gasteiger partial charge in [0.2, 0.25) is 0 Å². The minimum Gasteiger partial charge on any atom is -0.496 e. The molecule has 0 atom stereocenters. The molecule has 4 heteroatoms. The number of pyridine rings is 1. The molecule has 1 aromatic heterocycles. The number of nitrogen functional groups attached to an aromatic ring is 1. The number of nitrogens with zero attached hydrogens (tertiary/aromatic N) is 1. The molecule has 0 saturated carbocycles. The molecule has 0 aliphatic rings. The van der Waals surface area contributed by atoms with Crippen molar-refractivity contribution in [3.05, 3.63) is 47.7 Å². The zero-order valence-corrected chi connectivity index (χ0v) is 11.3. The fourth-order valence-electron chi connectivity index (χ4n) is 1.66. The van der Waals surface area contributed by atoms with E-state index in [0.29, 0.717) is 5.82 Å². The SMILES string of the molecule is COc1ccc(C)cc1CSc1ccc(N)nc1. The molecule has 0 unspecified atom stereocenters. The highest BCUT2D eigenvalue weighted by Gasteiger charge is 2.04. The van der Waals surface area contributed by atoms with Crippen LogP contribution < -0.4 is 10.5 Å². The Labute approximate surface area is 111 Å². The molecule has 0 bridgehead atoms. The number of hydrogen-bond acceptors (Lipinski definition) is 4. The summed E-state index contributed by atoms with van der Waals surface area (Å²) in [5.74, 6) is 2.33. The van der Waals surface area contributed by atoms with Crippen LogP contribution >= 0.6 is 11.8 Å². The minimum absolute atomic E-state index is 0.549. The number of methoxy groups -OCH3 is 1. The molecule has 1 aromatic carbocycles. The van der Waals surface area contributed by atoms with Crippen LogP contribution in [0.3, 0.4) is 0 Å². The minimum atomic E-state index is 0.549. The van der Waals surface area contributed by atoms with E-state index in [2.05, 4.69) is 24.0 Å². The second-order valence-electron chi connectivity index (χ2n) is 4.02. The Morgan fingerprint density at radius 1 is 1.28 bits per heavy atom. The van der Waals surface area contributed by atoms with Crippen molar-refractivity contribution in [1.29, 1.82) is 0 Å². The number of rotatable bonds is 4. The van der Waals surface area contributed by atoms with E-state index in [1.54, 1.807) is 25.1 Å². The van der Waals surface area contributed by atoms with Gasteiger partial charge in [-0.25, -0.2) is 4.98 Å². The molecule has 0 radical (unpaired) electrons. The largest absolute Gasteiger partial charge is 0.496 e. The van der Waals surface area contributed by atoms with Gasteiger partial charge in [-0.1, -0.05) is 17.7 Å². The lowest BCUT2D eigenvalue weighted by Gasteiger charge is -2.09. The summed E-state index contributed by atoms with van der Waals surface area (Å²) >= 11 is 1.72. The fourth-order valence-corrected chi connectivity index (χ4v) is 2.50. The van der Waals surface area contributed by atoms with E-state index in [4.69, 9.17) is 10.5 Å². The Morgan fingerprint density at radius 2 is 2.11 bits per heavy atom. The van der Waals surface area contributed by atoms with E-state index in [1.807, 2.05) is 18.2 Å². The standard InChI is InChI=1S/C14H16N2OS/c1-10-3-5-13(17-2)11(7-10)9-18-12-4-6-14(15)16-8-12/h3-8H,9H2,1-2H3,(H2,15,16). The van der Waals surface area contributed by atoms with Gasteiger partial charge in [0.1, 0.15) is 11.6 Å². The van der Waals surface area contributed by atoms with Gasteiger partial charge in [-0.3, -0.25) is 0 Å². The predicted octanol–water partition coefficient (Wildman–Crippen LogP) is 3.27. The highest BCUT2D eigenvalue weighted by atomic mass is 32.2. The number of benzene rings is 1. The van der Waals surface area contributed by atoms with Crippen LogP contribution in [0.15, 0.2) is 41.4 Å². The highest BCUT2D eigenvalue weighted by Crippen LogP contribution is 2.28. The van der Waals surface area contributed by atoms with Crippen LogP contribution in [0.25, 0.3) is 0 Å². The molecule has 0 amide bonds. The van der Waals surface area contributed by atoms with Gasteiger partial charge in [0.25, 0.3) is 0 Å². The first-order chi connectivity index (χ1) is 8.69. The van der Waals surface area contributed by atoms with Crippen LogP contribution in [0.1, 0.15) is 11.1 Å². The predicted molar refractivity (Wildman–Crippen MR) is 75.9 cm³/mol. The monoisotopic (exact) mass is 260 g/mol. The lowest BCUT2D eigenvalue weighted by molar-refractivity contribution is 0.411. The average molecular weight is 260 g/mol. The van der Waals surface area contributed by atoms with E-state index in [1.165, 1.54) is 11.1 Å². The lowest BCUT2D eigenvalue weighted by Crippen LogP contribution is -1.92. The van der Waals surface area contributed by atoms with E-state index in [9.17, 15) is 0 Å². The van der Waals surface area contributed by atoms with Gasteiger partial charge in [0.05, 0.1) is 7.11 Å². The van der Waals surface area contributed by atoms with Crippen LogP contribution in [0.2, 0.25) is 0 Å². The van der Waals surface area contributed by atoms with Crippen LogP contribution in [0.4, 0.5) is 5.82 Å². The topological polar surface area (TPSA) is 48.1 Å². The molecule has 0 fully saturated rings. The van der Waals surface area contributed by atoms with Crippen molar-refractivity contribution in [2.75, 3.05) is 12.8 Å². The maximum absolute atomic E-state index is 5.56. The quantitative estimate of drug-likeness (QED) is 0.857. The number of aryl methyl sites for hydroxylation is 1. The Hall–Kier alpha value is -1.68. The smallest absolute Gasteiger partial charge is 0.123 e. The molecule has 1 heterocycles. The van der Waals surface area contributed by atoms with Crippen molar-refractivity contribution >= 4 is 17.6 Å². The number of thioether (sulfide) groups is 1. The summed E-state index contributed by atoms with van der Waals surface area (Å²) in [6, 6.07) is 10.0. The summed E-state index contributed by atoms with van der Waals surface area (Å²) in [6.45, 7) is 2.08. The Kier molecular flexibility index (Phi) is 4.10. The van der Waals surface area contributed by atoms with E-state index < -0.39 is 0 Å². The lowest BCUT2D eigenvalue weighted by atomic mass is 10.1. The van der Waals surface area contributed by atoms with Crippen LogP contribution in [-0.2, 0) is 5.75 Å². The molecule has 0 saturated heterocycles. The zero-order chi connectivity index (χ0) is 13.0. The Balaban J connectivity index is 2.09. The fraction of sp³-hybridized carbons (Fsp3) is 0.214. The summed E-state index contributed by atoms with van der Waals surface area (Å²) < 4.78 is 5.36. The molecule has 0 aliphatic carbocycles. The molecular weight excluding hydrogens is 244 g/mol. The average Bonchev–Trinajstić information content (AvgIpc) is 2.38. The third kappa shape index (κ3) is 3.17. The summed E-state index contributed by atoms with van der Waals surface area (Å²) in [6.07, 6.45) is 1.79. The molecule has 94 valence electrons. The molecule has 2 aromatic rings. The maximum Gasteiger partial charge on any atom is 0.123 e. The van der Waals surface area contributed by atoms with Crippen LogP contribution in [0, 0.1) is 6.92 Å². The Bertz CT molecular complexity index is 526. The van der Waals surface area contributed by atoms with Crippen molar-refractivity contribution in [1.82, 2.24) is 4.98 Å². The van der Waals surface area contributed by atoms with E-state index in [-0.39, 0.29) is 0 Å². The molecule has 18 heavy (non-hydrogen) atoms. The van der Waals surface area contributed by atoms with Gasteiger partial charge < -0.3 is 10.5 Å². The van der Waals surface area contributed by atoms with Gasteiger partial charge in [-0.15, -0.1) is 11.8 Å². The highest BCUT2D eigenvalue weighted by molar-refractivity contribution is 7.98. The van der Waals surface area contributed by atoms with Gasteiger partial charge >= 0.3 is 0 Å². The van der Waals surface area contributed by atoms with Gasteiger partial charge in [0.15, 0.2) is 0 Å². The number of aromatic nitrogens is 1. The van der Waals surface area contributed by atoms with Crippen molar-refractivity contribution in [3.8, 4) is 5.75 Å². The number of ether oxygens (including phenoxy) is 1. The third-order valence-electron chi connectivity index (χ3n) is 2.59. The molecular formula is C14H16N2OS. The summed E-state index contributed by atoms with van der Waals surface area (Å²) in [4.78, 5) is 5.18. The summed E-state index contributed by atoms with van der Waals surface area (Å²) in [5.41, 5.74) is 7.99. The first-order valence-electron chi connectivity index (χ1n) is 5.67. The van der Waals surface area contributed by atoms with Crippen LogP contribution in [-0.4, -0.2) is 12.1 Å². The van der Waals surface area contributed by atoms with Gasteiger partial charge in [0, 0.05) is 22.4 Å². The van der Waals surface area contributed by atoms with Gasteiger partial charge in [-0.05, 0) is 25.1 Å². The second-order valence-corrected chi connectivity index (χ2v) is 5.07. The summed E-state index contributed by atoms with van der Waals surface area (Å²) in [5, 5.41) is 0. The second kappa shape index (κ2) is 5.78. The van der Waals surface area contributed by atoms with E-state index >= 15 is 0 Å². The molecule has 2 N–H and O–H groups in total. The molecule has 0 spiro atoms. The normalized spacial score (nSPS) is 10.3. The molecule has 2 rings (SSSR count). The van der Waals surface area contributed by atoms with Crippen molar-refractivity contribution < 1.29 is 4.74 Å². The number of hydrogen-bond donors (Lipinski definition) is 1.